The van der Waals surface area contributed by atoms with Crippen LogP contribution in [0, 0.1) is 29.6 Å². The number of hydrogen-bond donors (Lipinski definition) is 3. The molecule has 0 atom stereocenters. The normalized spacial score (nSPS) is 27.9. The first-order chi connectivity index (χ1) is 15.2. The molecular formula is C24H28F3N3O2. The highest BCUT2D eigenvalue weighted by Gasteiger charge is 2.51. The number of benzene rings is 1. The van der Waals surface area contributed by atoms with Crippen LogP contribution in [-0.4, -0.2) is 30.6 Å². The summed E-state index contributed by atoms with van der Waals surface area (Å²) in [7, 11) is 0. The Balaban J connectivity index is 1.15. The van der Waals surface area contributed by atoms with E-state index >= 15 is 0 Å². The van der Waals surface area contributed by atoms with E-state index in [1.54, 1.807) is 0 Å². The topological polar surface area (TPSA) is 70.2 Å². The van der Waals surface area contributed by atoms with Gasteiger partial charge in [0.1, 0.15) is 0 Å². The third-order valence-corrected chi connectivity index (χ3v) is 6.85. The second-order valence-electron chi connectivity index (χ2n) is 9.49. The second-order valence-corrected chi connectivity index (χ2v) is 9.49. The van der Waals surface area contributed by atoms with E-state index in [0.717, 1.165) is 49.1 Å². The molecule has 4 fully saturated rings. The van der Waals surface area contributed by atoms with Crippen LogP contribution in [0.25, 0.3) is 0 Å². The maximum absolute atomic E-state index is 12.7. The van der Waals surface area contributed by atoms with Gasteiger partial charge >= 0.3 is 12.2 Å². The van der Waals surface area contributed by atoms with Crippen LogP contribution in [0.3, 0.4) is 0 Å². The average molecular weight is 448 g/mol. The monoisotopic (exact) mass is 447 g/mol. The van der Waals surface area contributed by atoms with Gasteiger partial charge in [-0.25, -0.2) is 4.79 Å². The molecule has 172 valence electrons. The summed E-state index contributed by atoms with van der Waals surface area (Å²) in [6.07, 6.45) is 2.81. The number of hydrogen-bond acceptors (Lipinski definition) is 2. The number of carbonyl (C=O) groups excluding carboxylic acids is 2. The summed E-state index contributed by atoms with van der Waals surface area (Å²) in [5, 5.41) is 8.56. The Morgan fingerprint density at radius 1 is 1.03 bits per heavy atom. The second kappa shape index (κ2) is 9.05. The minimum atomic E-state index is -4.42. The van der Waals surface area contributed by atoms with E-state index in [4.69, 9.17) is 0 Å². The van der Waals surface area contributed by atoms with Gasteiger partial charge in [-0.1, -0.05) is 17.9 Å². The minimum absolute atomic E-state index is 0.0224. The van der Waals surface area contributed by atoms with E-state index in [9.17, 15) is 22.8 Å². The van der Waals surface area contributed by atoms with Crippen LogP contribution >= 0.6 is 0 Å². The predicted molar refractivity (Wildman–Crippen MR) is 113 cm³/mol. The van der Waals surface area contributed by atoms with Crippen molar-refractivity contribution in [2.24, 2.45) is 17.8 Å². The summed E-state index contributed by atoms with van der Waals surface area (Å²) in [4.78, 5) is 24.3. The molecule has 4 saturated carbocycles. The van der Waals surface area contributed by atoms with Crippen molar-refractivity contribution in [2.75, 3.05) is 13.1 Å². The zero-order valence-corrected chi connectivity index (χ0v) is 17.9. The summed E-state index contributed by atoms with van der Waals surface area (Å²) in [5.41, 5.74) is -0.594. The third kappa shape index (κ3) is 5.56. The number of alkyl halides is 3. The maximum atomic E-state index is 12.7. The maximum Gasteiger partial charge on any atom is 0.416 e. The van der Waals surface area contributed by atoms with Crippen molar-refractivity contribution in [3.05, 3.63) is 35.4 Å². The highest BCUT2D eigenvalue weighted by atomic mass is 19.4. The first-order valence-electron chi connectivity index (χ1n) is 11.2. The zero-order valence-electron chi connectivity index (χ0n) is 17.9. The molecule has 0 spiro atoms. The van der Waals surface area contributed by atoms with E-state index in [1.165, 1.54) is 31.4 Å². The molecule has 0 heterocycles. The van der Waals surface area contributed by atoms with E-state index in [-0.39, 0.29) is 42.6 Å². The SMILES string of the molecule is O=C(CCNC(=O)NC12CC3CC(CC(C3)C1)C2)NCC#Cc1cccc(C(F)(F)F)c1. The highest BCUT2D eigenvalue weighted by molar-refractivity contribution is 5.78. The van der Waals surface area contributed by atoms with E-state index in [2.05, 4.69) is 27.8 Å². The Morgan fingerprint density at radius 2 is 1.69 bits per heavy atom. The molecule has 1 aromatic rings. The lowest BCUT2D eigenvalue weighted by atomic mass is 9.53. The van der Waals surface area contributed by atoms with Crippen LogP contribution in [-0.2, 0) is 11.0 Å². The molecule has 4 aliphatic rings. The number of nitrogens with one attached hydrogen (secondary N) is 3. The van der Waals surface area contributed by atoms with E-state index < -0.39 is 11.7 Å². The van der Waals surface area contributed by atoms with Crippen LogP contribution in [0.4, 0.5) is 18.0 Å². The minimum Gasteiger partial charge on any atom is -0.345 e. The van der Waals surface area contributed by atoms with Gasteiger partial charge < -0.3 is 16.0 Å². The molecule has 0 radical (unpaired) electrons. The molecule has 4 bridgehead atoms. The lowest BCUT2D eigenvalue weighted by molar-refractivity contribution is -0.137. The van der Waals surface area contributed by atoms with Crippen LogP contribution in [0.2, 0.25) is 0 Å². The predicted octanol–water partition coefficient (Wildman–Crippen LogP) is 3.83. The standard InChI is InChI=1S/C24H28F3N3O2/c25-24(26,27)20-5-1-3-16(12-20)4-2-7-28-21(31)6-8-29-22(32)30-23-13-17-9-18(14-23)11-19(10-17)15-23/h1,3,5,12,17-19H,6-11,13-15H2,(H,28,31)(H2,29,30,32). The van der Waals surface area contributed by atoms with E-state index in [1.807, 2.05) is 0 Å². The van der Waals surface area contributed by atoms with Gasteiger partial charge in [-0.2, -0.15) is 13.2 Å². The Morgan fingerprint density at radius 3 is 2.31 bits per heavy atom. The number of carbonyl (C=O) groups is 2. The molecular weight excluding hydrogens is 419 g/mol. The third-order valence-electron chi connectivity index (χ3n) is 6.85. The van der Waals surface area contributed by atoms with Gasteiger partial charge in [-0.3, -0.25) is 4.79 Å². The Bertz CT molecular complexity index is 897. The summed E-state index contributed by atoms with van der Waals surface area (Å²) < 4.78 is 38.1. The highest BCUT2D eigenvalue weighted by Crippen LogP contribution is 2.55. The fourth-order valence-corrected chi connectivity index (χ4v) is 5.99. The first-order valence-corrected chi connectivity index (χ1v) is 11.2. The number of urea groups is 1. The number of rotatable bonds is 5. The summed E-state index contributed by atoms with van der Waals surface area (Å²) in [5.74, 6) is 7.20. The number of amides is 3. The Kier molecular flexibility index (Phi) is 6.36. The molecule has 0 saturated heterocycles. The summed E-state index contributed by atoms with van der Waals surface area (Å²) in [6, 6.07) is 4.52. The van der Waals surface area contributed by atoms with Gasteiger partial charge in [0.05, 0.1) is 12.1 Å². The molecule has 8 heteroatoms. The van der Waals surface area contributed by atoms with Gasteiger partial charge in [-0.15, -0.1) is 0 Å². The molecule has 0 aromatic heterocycles. The summed E-state index contributed by atoms with van der Waals surface area (Å²) >= 11 is 0. The molecule has 3 N–H and O–H groups in total. The molecule has 5 nitrogen and oxygen atoms in total. The van der Waals surface area contributed by atoms with Crippen LogP contribution in [0.5, 0.6) is 0 Å². The molecule has 5 rings (SSSR count). The molecule has 3 amide bonds. The molecule has 4 aliphatic carbocycles. The molecule has 32 heavy (non-hydrogen) atoms. The van der Waals surface area contributed by atoms with Crippen LogP contribution < -0.4 is 16.0 Å². The van der Waals surface area contributed by atoms with Crippen molar-refractivity contribution in [3.8, 4) is 11.8 Å². The van der Waals surface area contributed by atoms with Crippen molar-refractivity contribution in [2.45, 2.75) is 56.7 Å². The Labute approximate surface area is 185 Å². The van der Waals surface area contributed by atoms with Gasteiger partial charge in [-0.05, 0) is 74.5 Å². The van der Waals surface area contributed by atoms with Gasteiger partial charge in [0.25, 0.3) is 0 Å². The van der Waals surface area contributed by atoms with E-state index in [0.29, 0.717) is 0 Å². The molecule has 1 aromatic carbocycles. The quantitative estimate of drug-likeness (QED) is 0.601. The van der Waals surface area contributed by atoms with Crippen molar-refractivity contribution < 1.29 is 22.8 Å². The van der Waals surface area contributed by atoms with Gasteiger partial charge in [0.15, 0.2) is 0 Å². The fourth-order valence-electron chi connectivity index (χ4n) is 5.99. The van der Waals surface area contributed by atoms with Gasteiger partial charge in [0, 0.05) is 24.1 Å². The van der Waals surface area contributed by atoms with Crippen LogP contribution in [0.15, 0.2) is 24.3 Å². The number of halogens is 3. The van der Waals surface area contributed by atoms with Crippen molar-refractivity contribution >= 4 is 11.9 Å². The van der Waals surface area contributed by atoms with Crippen molar-refractivity contribution in [1.82, 2.24) is 16.0 Å². The summed E-state index contributed by atoms with van der Waals surface area (Å²) in [6.45, 7) is 0.236. The van der Waals surface area contributed by atoms with Crippen molar-refractivity contribution in [3.63, 3.8) is 0 Å². The Hall–Kier alpha value is -2.69. The van der Waals surface area contributed by atoms with Crippen LogP contribution in [0.1, 0.15) is 56.1 Å². The van der Waals surface area contributed by atoms with Crippen molar-refractivity contribution in [1.29, 1.82) is 0 Å². The smallest absolute Gasteiger partial charge is 0.345 e. The average Bonchev–Trinajstić information content (AvgIpc) is 2.69. The lowest BCUT2D eigenvalue weighted by Gasteiger charge is -2.56. The molecule has 0 aliphatic heterocycles. The lowest BCUT2D eigenvalue weighted by Crippen LogP contribution is -2.61. The zero-order chi connectivity index (χ0) is 22.8. The first kappa shape index (κ1) is 22.5. The largest absolute Gasteiger partial charge is 0.416 e. The van der Waals surface area contributed by atoms with Gasteiger partial charge in [0.2, 0.25) is 5.91 Å². The fraction of sp³-hybridized carbons (Fsp3) is 0.583. The molecule has 0 unspecified atom stereocenters.